The van der Waals surface area contributed by atoms with Gasteiger partial charge in [-0.05, 0) is 59.3 Å². The van der Waals surface area contributed by atoms with Gasteiger partial charge >= 0.3 is 0 Å². The maximum Gasteiger partial charge on any atom is 0.0440 e. The maximum absolute atomic E-state index is 2.57. The molecule has 4 heteroatoms. The van der Waals surface area contributed by atoms with Gasteiger partial charge in [0, 0.05) is 113 Å². The largest absolute Gasteiger partial charge is 0.135 e. The second-order valence-corrected chi connectivity index (χ2v) is 17.3. The van der Waals surface area contributed by atoms with Crippen molar-refractivity contribution in [1.82, 2.24) is 0 Å². The van der Waals surface area contributed by atoms with E-state index in [1.165, 1.54) is 124 Å². The predicted molar refractivity (Wildman–Crippen MR) is 219 cm³/mol. The lowest BCUT2D eigenvalue weighted by molar-refractivity contribution is 1.86. The molecule has 9 aromatic carbocycles. The summed E-state index contributed by atoms with van der Waals surface area (Å²) in [7, 11) is 0. The summed E-state index contributed by atoms with van der Waals surface area (Å²) in [5.41, 5.74) is 0. The molecule has 48 heavy (non-hydrogen) atoms. The monoisotopic (exact) mass is 676 g/mol. The average Bonchev–Trinajstić information content (AvgIpc) is 3.89. The van der Waals surface area contributed by atoms with Crippen molar-refractivity contribution in [2.75, 3.05) is 0 Å². The van der Waals surface area contributed by atoms with Crippen LogP contribution in [-0.4, -0.2) is 0 Å². The fraction of sp³-hybridized carbons (Fsp3) is 0. The summed E-state index contributed by atoms with van der Waals surface area (Å²) in [6.45, 7) is 0. The van der Waals surface area contributed by atoms with Crippen LogP contribution in [0.25, 0.3) is 124 Å². The van der Waals surface area contributed by atoms with Crippen molar-refractivity contribution in [3.05, 3.63) is 121 Å². The van der Waals surface area contributed by atoms with Gasteiger partial charge in [0.15, 0.2) is 0 Å². The molecule has 0 saturated heterocycles. The zero-order chi connectivity index (χ0) is 30.8. The van der Waals surface area contributed by atoms with Crippen LogP contribution in [0.15, 0.2) is 121 Å². The number of hydrogen-bond donors (Lipinski definition) is 0. The second-order valence-electron chi connectivity index (χ2n) is 13.1. The first-order chi connectivity index (χ1) is 23.8. The van der Waals surface area contributed by atoms with Crippen LogP contribution in [0.4, 0.5) is 0 Å². The van der Waals surface area contributed by atoms with Gasteiger partial charge in [0.05, 0.1) is 0 Å². The summed E-state index contributed by atoms with van der Waals surface area (Å²) in [6.07, 6.45) is 0. The molecular formula is C44H20S4. The van der Waals surface area contributed by atoms with Crippen LogP contribution in [0.2, 0.25) is 0 Å². The molecule has 0 bridgehead atoms. The normalized spacial score (nSPS) is 13.0. The van der Waals surface area contributed by atoms with Gasteiger partial charge in [0.2, 0.25) is 0 Å². The molecule has 0 aliphatic rings. The fourth-order valence-corrected chi connectivity index (χ4v) is 13.7. The molecule has 0 spiro atoms. The van der Waals surface area contributed by atoms with E-state index in [0.29, 0.717) is 0 Å². The Hall–Kier alpha value is -4.84. The lowest BCUT2D eigenvalue weighted by atomic mass is 9.86. The van der Waals surface area contributed by atoms with Crippen LogP contribution in [0.1, 0.15) is 0 Å². The Kier molecular flexibility index (Phi) is 4.51. The van der Waals surface area contributed by atoms with Crippen molar-refractivity contribution in [1.29, 1.82) is 0 Å². The molecule has 0 N–H and O–H groups in total. The van der Waals surface area contributed by atoms with Gasteiger partial charge in [0.1, 0.15) is 0 Å². The molecule has 0 aliphatic heterocycles. The summed E-state index contributed by atoms with van der Waals surface area (Å²) in [6, 6.07) is 46.2. The van der Waals surface area contributed by atoms with E-state index in [0.717, 1.165) is 0 Å². The lowest BCUT2D eigenvalue weighted by Gasteiger charge is -2.18. The van der Waals surface area contributed by atoms with E-state index in [1.807, 2.05) is 45.3 Å². The number of hydrogen-bond acceptors (Lipinski definition) is 4. The molecule has 13 rings (SSSR count). The highest BCUT2D eigenvalue weighted by Gasteiger charge is 2.25. The van der Waals surface area contributed by atoms with E-state index >= 15 is 0 Å². The van der Waals surface area contributed by atoms with Gasteiger partial charge in [-0.1, -0.05) is 72.8 Å². The van der Waals surface area contributed by atoms with E-state index < -0.39 is 0 Å². The minimum Gasteiger partial charge on any atom is -0.135 e. The smallest absolute Gasteiger partial charge is 0.0440 e. The molecule has 0 nitrogen and oxygen atoms in total. The predicted octanol–water partition coefficient (Wildman–Crippen LogP) is 15.2. The molecule has 4 heterocycles. The van der Waals surface area contributed by atoms with Gasteiger partial charge in [-0.15, -0.1) is 45.3 Å². The third-order valence-corrected chi connectivity index (χ3v) is 15.6. The first-order valence-electron chi connectivity index (χ1n) is 16.3. The van der Waals surface area contributed by atoms with Gasteiger partial charge in [0.25, 0.3) is 0 Å². The molecule has 0 saturated carbocycles. The Morgan fingerprint density at radius 1 is 0.229 bits per heavy atom. The molecule has 0 unspecified atom stereocenters. The maximum atomic E-state index is 2.57. The third-order valence-electron chi connectivity index (χ3n) is 10.7. The number of rotatable bonds is 0. The SMILES string of the molecule is c1ccc2c(c1)sc1c2cc2c3c1cc1c4ccccc4sc1c3c1cc3c4ccccc4sc3c3cc4c5ccccc5sc4c2c31. The van der Waals surface area contributed by atoms with Gasteiger partial charge in [-0.3, -0.25) is 0 Å². The van der Waals surface area contributed by atoms with Crippen molar-refractivity contribution >= 4 is 169 Å². The summed E-state index contributed by atoms with van der Waals surface area (Å²) < 4.78 is 11.1. The van der Waals surface area contributed by atoms with Crippen LogP contribution in [0.3, 0.4) is 0 Å². The van der Waals surface area contributed by atoms with Crippen molar-refractivity contribution in [3.63, 3.8) is 0 Å². The van der Waals surface area contributed by atoms with E-state index in [9.17, 15) is 0 Å². The lowest BCUT2D eigenvalue weighted by Crippen LogP contribution is -1.89. The Labute approximate surface area is 288 Å². The summed E-state index contributed by atoms with van der Waals surface area (Å²) in [5.74, 6) is 0. The molecule has 0 atom stereocenters. The highest BCUT2D eigenvalue weighted by molar-refractivity contribution is 7.29. The summed E-state index contributed by atoms with van der Waals surface area (Å²) in [4.78, 5) is 0. The van der Waals surface area contributed by atoms with Gasteiger partial charge < -0.3 is 0 Å². The van der Waals surface area contributed by atoms with Gasteiger partial charge in [-0.25, -0.2) is 0 Å². The minimum atomic E-state index is 1.36. The number of benzene rings is 9. The Morgan fingerprint density at radius 2 is 0.521 bits per heavy atom. The number of thiophene rings is 4. The zero-order valence-electron chi connectivity index (χ0n) is 25.2. The van der Waals surface area contributed by atoms with Crippen molar-refractivity contribution in [3.8, 4) is 0 Å². The van der Waals surface area contributed by atoms with Crippen LogP contribution in [-0.2, 0) is 0 Å². The summed E-state index contributed by atoms with van der Waals surface area (Å²) in [5, 5.41) is 22.2. The Bertz CT molecular complexity index is 3330. The van der Waals surface area contributed by atoms with Crippen LogP contribution >= 0.6 is 45.3 Å². The van der Waals surface area contributed by atoms with E-state index in [2.05, 4.69) is 121 Å². The number of fused-ring (bicyclic) bond motifs is 18. The Balaban J connectivity index is 1.45. The van der Waals surface area contributed by atoms with Crippen LogP contribution < -0.4 is 0 Å². The van der Waals surface area contributed by atoms with E-state index in [1.54, 1.807) is 0 Å². The minimum absolute atomic E-state index is 1.36. The molecule has 220 valence electrons. The summed E-state index contributed by atoms with van der Waals surface area (Å²) >= 11 is 7.84. The third kappa shape index (κ3) is 2.91. The molecule has 0 radical (unpaired) electrons. The molecule has 0 aliphatic carbocycles. The van der Waals surface area contributed by atoms with Crippen molar-refractivity contribution < 1.29 is 0 Å². The fourth-order valence-electron chi connectivity index (χ4n) is 8.79. The first-order valence-corrected chi connectivity index (χ1v) is 19.5. The highest BCUT2D eigenvalue weighted by atomic mass is 32.1. The second kappa shape index (κ2) is 8.59. The highest BCUT2D eigenvalue weighted by Crippen LogP contribution is 2.55. The standard InChI is InChI=1S/C44H20S4/c1-5-13-33-21(9-1)25-17-29-37-31(41(25)45-33)19-27-23-11-3-7-15-35(23)48-44(27)40(37)30-18-26-22-10-2-6-14-34(22)46-42(26)32-20-28-24-12-4-8-16-36(24)47-43(28)39(29)38(30)32/h1-20H. The van der Waals surface area contributed by atoms with Gasteiger partial charge in [-0.2, -0.15) is 0 Å². The van der Waals surface area contributed by atoms with Crippen LogP contribution in [0.5, 0.6) is 0 Å². The van der Waals surface area contributed by atoms with Crippen molar-refractivity contribution in [2.45, 2.75) is 0 Å². The average molecular weight is 677 g/mol. The first kappa shape index (κ1) is 25.2. The quantitative estimate of drug-likeness (QED) is 0.111. The van der Waals surface area contributed by atoms with E-state index in [-0.39, 0.29) is 0 Å². The Morgan fingerprint density at radius 3 is 0.896 bits per heavy atom. The molecule has 13 aromatic rings. The van der Waals surface area contributed by atoms with E-state index in [4.69, 9.17) is 0 Å². The topological polar surface area (TPSA) is 0 Å². The molecule has 0 fully saturated rings. The molecule has 4 aromatic heterocycles. The van der Waals surface area contributed by atoms with Crippen LogP contribution in [0, 0.1) is 0 Å². The molecule has 0 amide bonds. The van der Waals surface area contributed by atoms with Crippen molar-refractivity contribution in [2.24, 2.45) is 0 Å². The molecular weight excluding hydrogens is 657 g/mol. The zero-order valence-corrected chi connectivity index (χ0v) is 28.4.